The molecule has 0 radical (unpaired) electrons. The lowest BCUT2D eigenvalue weighted by Crippen LogP contribution is -2.74. The van der Waals surface area contributed by atoms with Gasteiger partial charge in [-0.1, -0.05) is 91.0 Å². The van der Waals surface area contributed by atoms with Crippen LogP contribution in [0.15, 0.2) is 152 Å². The van der Waals surface area contributed by atoms with Gasteiger partial charge in [-0.25, -0.2) is 0 Å². The Morgan fingerprint density at radius 2 is 0.892 bits per heavy atom. The van der Waals surface area contributed by atoms with Crippen molar-refractivity contribution >= 4 is 28.8 Å². The van der Waals surface area contributed by atoms with Crippen LogP contribution in [0.25, 0.3) is 22.5 Å². The van der Waals surface area contributed by atoms with Gasteiger partial charge in [-0.3, -0.25) is 15.0 Å². The predicted molar refractivity (Wildman–Crippen MR) is 154 cm³/mol. The van der Waals surface area contributed by atoms with E-state index in [-0.39, 0.29) is 0 Å². The maximum atomic E-state index is 4.77. The van der Waals surface area contributed by atoms with Gasteiger partial charge in [0.1, 0.15) is 0 Å². The molecule has 3 aromatic carbocycles. The van der Waals surface area contributed by atoms with Gasteiger partial charge in [0.2, 0.25) is 0 Å². The first-order valence-electron chi connectivity index (χ1n) is 12.4. The van der Waals surface area contributed by atoms with Crippen molar-refractivity contribution in [1.82, 2.24) is 15.0 Å². The molecule has 3 aromatic heterocycles. The third-order valence-electron chi connectivity index (χ3n) is 6.83. The van der Waals surface area contributed by atoms with Gasteiger partial charge in [0.15, 0.2) is 8.07 Å². The van der Waals surface area contributed by atoms with Gasteiger partial charge in [0.25, 0.3) is 0 Å². The van der Waals surface area contributed by atoms with Crippen LogP contribution in [0.3, 0.4) is 0 Å². The van der Waals surface area contributed by atoms with Gasteiger partial charge >= 0.3 is 0 Å². The van der Waals surface area contributed by atoms with Gasteiger partial charge in [-0.2, -0.15) is 0 Å². The Hall–Kier alpha value is -4.67. The van der Waals surface area contributed by atoms with E-state index in [1.165, 1.54) is 20.7 Å². The normalized spacial score (nSPS) is 11.2. The van der Waals surface area contributed by atoms with Gasteiger partial charge in [-0.15, -0.1) is 0 Å². The van der Waals surface area contributed by atoms with Crippen molar-refractivity contribution in [3.63, 3.8) is 0 Å². The number of pyridine rings is 3. The standard InChI is InChI=1S/C33H25N3Si/c1-4-11-26(12-5-1)32-23-30(18-21-35-32)37(28-14-6-2-7-15-28,29-16-8-3-9-17-29)31-19-22-36-33(24-31)27-13-10-20-34-25-27/h1-25H. The third-order valence-corrected chi connectivity index (χ3v) is 11.6. The van der Waals surface area contributed by atoms with E-state index < -0.39 is 8.07 Å². The Balaban J connectivity index is 1.68. The minimum absolute atomic E-state index is 0.923. The fraction of sp³-hybridized carbons (Fsp3) is 0. The van der Waals surface area contributed by atoms with Crippen LogP contribution in [-0.4, -0.2) is 23.0 Å². The first kappa shape index (κ1) is 22.8. The lowest BCUT2D eigenvalue weighted by atomic mass is 10.1. The van der Waals surface area contributed by atoms with E-state index in [9.17, 15) is 0 Å². The van der Waals surface area contributed by atoms with Crippen molar-refractivity contribution in [3.8, 4) is 22.5 Å². The summed E-state index contributed by atoms with van der Waals surface area (Å²) in [6, 6.07) is 45.2. The molecule has 0 aliphatic carbocycles. The van der Waals surface area contributed by atoms with Crippen LogP contribution in [0.2, 0.25) is 0 Å². The molecule has 0 spiro atoms. The summed E-state index contributed by atoms with van der Waals surface area (Å²) >= 11 is 0. The van der Waals surface area contributed by atoms with Crippen LogP contribution in [0.1, 0.15) is 0 Å². The maximum Gasteiger partial charge on any atom is 0.179 e. The van der Waals surface area contributed by atoms with Gasteiger partial charge in [-0.05, 0) is 57.1 Å². The van der Waals surface area contributed by atoms with Crippen molar-refractivity contribution in [2.75, 3.05) is 0 Å². The average molecular weight is 492 g/mol. The first-order chi connectivity index (χ1) is 18.4. The Bertz CT molecular complexity index is 1480. The molecule has 0 unspecified atom stereocenters. The summed E-state index contributed by atoms with van der Waals surface area (Å²) in [4.78, 5) is 13.8. The second-order valence-corrected chi connectivity index (χ2v) is 12.8. The number of aromatic nitrogens is 3. The molecule has 0 bridgehead atoms. The first-order valence-corrected chi connectivity index (χ1v) is 14.4. The summed E-state index contributed by atoms with van der Waals surface area (Å²) in [6.45, 7) is 0. The summed E-state index contributed by atoms with van der Waals surface area (Å²) in [5, 5.41) is 5.18. The molecule has 37 heavy (non-hydrogen) atoms. The lowest BCUT2D eigenvalue weighted by Gasteiger charge is -2.34. The molecule has 0 saturated carbocycles. The van der Waals surface area contributed by atoms with Crippen LogP contribution >= 0.6 is 0 Å². The molecule has 6 rings (SSSR count). The molecule has 4 heteroatoms. The van der Waals surface area contributed by atoms with Crippen molar-refractivity contribution < 1.29 is 0 Å². The van der Waals surface area contributed by atoms with E-state index in [4.69, 9.17) is 9.97 Å². The third kappa shape index (κ3) is 4.28. The highest BCUT2D eigenvalue weighted by Crippen LogP contribution is 2.19. The molecule has 0 amide bonds. The Morgan fingerprint density at radius 1 is 0.405 bits per heavy atom. The fourth-order valence-corrected chi connectivity index (χ4v) is 9.88. The molecule has 0 fully saturated rings. The number of benzene rings is 3. The van der Waals surface area contributed by atoms with Gasteiger partial charge < -0.3 is 0 Å². The lowest BCUT2D eigenvalue weighted by molar-refractivity contribution is 1.28. The molecule has 176 valence electrons. The molecule has 3 heterocycles. The number of hydrogen-bond donors (Lipinski definition) is 0. The van der Waals surface area contributed by atoms with Crippen LogP contribution in [0.5, 0.6) is 0 Å². The molecule has 0 aliphatic heterocycles. The van der Waals surface area contributed by atoms with Crippen molar-refractivity contribution in [1.29, 1.82) is 0 Å². The zero-order valence-corrected chi connectivity index (χ0v) is 21.3. The van der Waals surface area contributed by atoms with Crippen molar-refractivity contribution in [2.45, 2.75) is 0 Å². The van der Waals surface area contributed by atoms with Crippen LogP contribution < -0.4 is 20.7 Å². The zero-order valence-electron chi connectivity index (χ0n) is 20.3. The molecule has 0 N–H and O–H groups in total. The molecular weight excluding hydrogens is 466 g/mol. The minimum atomic E-state index is -2.73. The van der Waals surface area contributed by atoms with Crippen molar-refractivity contribution in [2.24, 2.45) is 0 Å². The molecule has 3 nitrogen and oxygen atoms in total. The Kier molecular flexibility index (Phi) is 6.23. The van der Waals surface area contributed by atoms with E-state index >= 15 is 0 Å². The minimum Gasteiger partial charge on any atom is -0.264 e. The molecule has 6 aromatic rings. The molecular formula is C33H25N3Si. The Morgan fingerprint density at radius 3 is 1.41 bits per heavy atom. The molecule has 0 saturated heterocycles. The maximum absolute atomic E-state index is 4.77. The predicted octanol–water partition coefficient (Wildman–Crippen LogP) is 4.58. The number of hydrogen-bond acceptors (Lipinski definition) is 3. The highest BCUT2D eigenvalue weighted by molar-refractivity contribution is 7.19. The number of rotatable bonds is 6. The van der Waals surface area contributed by atoms with E-state index in [1.807, 2.05) is 30.7 Å². The second-order valence-electron chi connectivity index (χ2n) is 8.95. The largest absolute Gasteiger partial charge is 0.264 e. The SMILES string of the molecule is c1ccc(-c2cc([Si](c3ccccc3)(c3ccccc3)c3ccnc(-c4cccnc4)c3)ccn2)cc1. The molecule has 0 aliphatic rings. The monoisotopic (exact) mass is 491 g/mol. The highest BCUT2D eigenvalue weighted by Gasteiger charge is 2.42. The summed E-state index contributed by atoms with van der Waals surface area (Å²) in [7, 11) is -2.73. The van der Waals surface area contributed by atoms with Gasteiger partial charge in [0.05, 0.1) is 11.4 Å². The van der Waals surface area contributed by atoms with Crippen LogP contribution in [0, 0.1) is 0 Å². The van der Waals surface area contributed by atoms with E-state index in [2.05, 4.69) is 120 Å². The summed E-state index contributed by atoms with van der Waals surface area (Å²) in [5.74, 6) is 0. The summed E-state index contributed by atoms with van der Waals surface area (Å²) in [6.07, 6.45) is 7.56. The van der Waals surface area contributed by atoms with E-state index in [0.29, 0.717) is 0 Å². The van der Waals surface area contributed by atoms with Crippen LogP contribution in [0.4, 0.5) is 0 Å². The van der Waals surface area contributed by atoms with Crippen LogP contribution in [-0.2, 0) is 0 Å². The highest BCUT2D eigenvalue weighted by atomic mass is 28.3. The summed E-state index contributed by atoms with van der Waals surface area (Å²) < 4.78 is 0. The molecule has 0 atom stereocenters. The second kappa shape index (κ2) is 10.1. The fourth-order valence-electron chi connectivity index (χ4n) is 5.14. The topological polar surface area (TPSA) is 38.7 Å². The smallest absolute Gasteiger partial charge is 0.179 e. The quantitative estimate of drug-likeness (QED) is 0.320. The summed E-state index contributed by atoms with van der Waals surface area (Å²) in [5.41, 5.74) is 4.02. The van der Waals surface area contributed by atoms with E-state index in [1.54, 1.807) is 6.20 Å². The zero-order chi connectivity index (χ0) is 24.9. The number of nitrogens with zero attached hydrogens (tertiary/aromatic N) is 3. The van der Waals surface area contributed by atoms with Crippen molar-refractivity contribution in [3.05, 3.63) is 152 Å². The van der Waals surface area contributed by atoms with Gasteiger partial charge in [0, 0.05) is 35.9 Å². The Labute approximate surface area is 218 Å². The van der Waals surface area contributed by atoms with E-state index in [0.717, 1.165) is 22.5 Å². The average Bonchev–Trinajstić information content (AvgIpc) is 3.00.